The largest absolute Gasteiger partial charge is 0.398 e. The highest BCUT2D eigenvalue weighted by Crippen LogP contribution is 2.35. The van der Waals surface area contributed by atoms with E-state index in [1.807, 2.05) is 13.0 Å². The van der Waals surface area contributed by atoms with Crippen LogP contribution in [0.2, 0.25) is 0 Å². The van der Waals surface area contributed by atoms with E-state index in [1.54, 1.807) is 0 Å². The van der Waals surface area contributed by atoms with E-state index in [1.165, 1.54) is 0 Å². The molecular weight excluding hydrogens is 338 g/mol. The van der Waals surface area contributed by atoms with Crippen molar-refractivity contribution < 1.29 is 0 Å². The monoisotopic (exact) mass is 341 g/mol. The number of nitrogen functional groups attached to an aromatic ring is 1. The molecule has 0 radical (unpaired) electrons. The SMILES string of the molecule is Cc1c(N)c(Br)cc(Br)c1Br. The smallest absolute Gasteiger partial charge is 0.0500 e. The Labute approximate surface area is 90.7 Å². The van der Waals surface area contributed by atoms with E-state index in [4.69, 9.17) is 5.73 Å². The highest BCUT2D eigenvalue weighted by atomic mass is 79.9. The fraction of sp³-hybridized carbons (Fsp3) is 0.143. The zero-order valence-corrected chi connectivity index (χ0v) is 10.5. The van der Waals surface area contributed by atoms with Gasteiger partial charge in [0.25, 0.3) is 0 Å². The molecule has 0 amide bonds. The van der Waals surface area contributed by atoms with Crippen LogP contribution in [0.5, 0.6) is 0 Å². The third kappa shape index (κ3) is 1.79. The second-order valence-corrected chi connectivity index (χ2v) is 4.69. The third-order valence-corrected chi connectivity index (χ3v) is 4.29. The average Bonchev–Trinajstić information content (AvgIpc) is 1.97. The molecule has 11 heavy (non-hydrogen) atoms. The van der Waals surface area contributed by atoms with Crippen molar-refractivity contribution in [3.05, 3.63) is 25.0 Å². The highest BCUT2D eigenvalue weighted by molar-refractivity contribution is 9.13. The van der Waals surface area contributed by atoms with Crippen molar-refractivity contribution in [2.75, 3.05) is 5.73 Å². The molecule has 2 N–H and O–H groups in total. The van der Waals surface area contributed by atoms with Gasteiger partial charge in [0.15, 0.2) is 0 Å². The molecule has 0 saturated heterocycles. The number of benzene rings is 1. The Balaban J connectivity index is 3.46. The summed E-state index contributed by atoms with van der Waals surface area (Å²) in [7, 11) is 0. The second-order valence-electron chi connectivity index (χ2n) is 2.19. The van der Waals surface area contributed by atoms with Gasteiger partial charge in [0.2, 0.25) is 0 Å². The zero-order chi connectivity index (χ0) is 8.59. The number of rotatable bonds is 0. The van der Waals surface area contributed by atoms with Gasteiger partial charge in [-0.15, -0.1) is 0 Å². The molecule has 0 aliphatic heterocycles. The normalized spacial score (nSPS) is 10.2. The molecule has 0 aliphatic carbocycles. The highest BCUT2D eigenvalue weighted by Gasteiger charge is 2.06. The van der Waals surface area contributed by atoms with Crippen molar-refractivity contribution >= 4 is 53.5 Å². The van der Waals surface area contributed by atoms with Gasteiger partial charge >= 0.3 is 0 Å². The van der Waals surface area contributed by atoms with Gasteiger partial charge in [-0.3, -0.25) is 0 Å². The Morgan fingerprint density at radius 3 is 2.27 bits per heavy atom. The van der Waals surface area contributed by atoms with Crippen LogP contribution in [-0.2, 0) is 0 Å². The molecular formula is C7H6Br3N. The lowest BCUT2D eigenvalue weighted by atomic mass is 10.2. The van der Waals surface area contributed by atoms with E-state index in [-0.39, 0.29) is 0 Å². The summed E-state index contributed by atoms with van der Waals surface area (Å²) in [6.07, 6.45) is 0. The predicted octanol–water partition coefficient (Wildman–Crippen LogP) is 3.86. The van der Waals surface area contributed by atoms with Gasteiger partial charge < -0.3 is 5.73 Å². The third-order valence-electron chi connectivity index (χ3n) is 1.45. The van der Waals surface area contributed by atoms with Gasteiger partial charge in [-0.25, -0.2) is 0 Å². The fourth-order valence-electron chi connectivity index (χ4n) is 0.729. The summed E-state index contributed by atoms with van der Waals surface area (Å²) in [5.41, 5.74) is 7.58. The molecule has 0 saturated carbocycles. The topological polar surface area (TPSA) is 26.0 Å². The van der Waals surface area contributed by atoms with E-state index in [9.17, 15) is 0 Å². The van der Waals surface area contributed by atoms with Gasteiger partial charge in [-0.05, 0) is 66.3 Å². The maximum Gasteiger partial charge on any atom is 0.0500 e. The summed E-state index contributed by atoms with van der Waals surface area (Å²) >= 11 is 10.2. The minimum absolute atomic E-state index is 0.778. The van der Waals surface area contributed by atoms with Crippen molar-refractivity contribution in [2.24, 2.45) is 0 Å². The molecule has 1 aromatic carbocycles. The Morgan fingerprint density at radius 1 is 1.18 bits per heavy atom. The Hall–Kier alpha value is 0.460. The maximum atomic E-state index is 5.75. The summed E-state index contributed by atoms with van der Waals surface area (Å²) in [6, 6.07) is 1.92. The van der Waals surface area contributed by atoms with Crippen molar-refractivity contribution in [1.29, 1.82) is 0 Å². The first kappa shape index (κ1) is 9.55. The van der Waals surface area contributed by atoms with Crippen LogP contribution in [0.3, 0.4) is 0 Å². The molecule has 60 valence electrons. The van der Waals surface area contributed by atoms with Gasteiger partial charge in [-0.2, -0.15) is 0 Å². The van der Waals surface area contributed by atoms with Crippen molar-refractivity contribution in [3.63, 3.8) is 0 Å². The second kappa shape index (κ2) is 3.46. The van der Waals surface area contributed by atoms with Crippen LogP contribution < -0.4 is 5.73 Å². The van der Waals surface area contributed by atoms with E-state index < -0.39 is 0 Å². The molecule has 0 heterocycles. The molecule has 0 fully saturated rings. The molecule has 0 aromatic heterocycles. The number of nitrogens with two attached hydrogens (primary N) is 1. The van der Waals surface area contributed by atoms with Crippen LogP contribution in [0.4, 0.5) is 5.69 Å². The fourth-order valence-corrected chi connectivity index (χ4v) is 2.42. The Morgan fingerprint density at radius 2 is 1.73 bits per heavy atom. The lowest BCUT2D eigenvalue weighted by Gasteiger charge is -2.06. The van der Waals surface area contributed by atoms with Crippen LogP contribution in [-0.4, -0.2) is 0 Å². The van der Waals surface area contributed by atoms with E-state index >= 15 is 0 Å². The van der Waals surface area contributed by atoms with Crippen LogP contribution >= 0.6 is 47.8 Å². The Kier molecular flexibility index (Phi) is 3.00. The molecule has 1 nitrogen and oxygen atoms in total. The summed E-state index contributed by atoms with van der Waals surface area (Å²) in [5.74, 6) is 0. The number of hydrogen-bond acceptors (Lipinski definition) is 1. The van der Waals surface area contributed by atoms with E-state index in [0.29, 0.717) is 0 Å². The first-order valence-corrected chi connectivity index (χ1v) is 5.31. The van der Waals surface area contributed by atoms with Crippen LogP contribution in [0, 0.1) is 6.92 Å². The molecule has 1 aromatic rings. The Bertz CT molecular complexity index is 270. The number of halogens is 3. The standard InChI is InChI=1S/C7H6Br3N/c1-3-6(10)4(8)2-5(9)7(3)11/h2H,11H2,1H3. The van der Waals surface area contributed by atoms with E-state index in [0.717, 1.165) is 24.7 Å². The molecule has 0 spiro atoms. The van der Waals surface area contributed by atoms with Gasteiger partial charge in [0.1, 0.15) is 0 Å². The number of anilines is 1. The molecule has 0 bridgehead atoms. The van der Waals surface area contributed by atoms with E-state index in [2.05, 4.69) is 47.8 Å². The van der Waals surface area contributed by atoms with Crippen LogP contribution in [0.25, 0.3) is 0 Å². The summed E-state index contributed by atoms with van der Waals surface area (Å²) < 4.78 is 2.94. The quantitative estimate of drug-likeness (QED) is 0.561. The summed E-state index contributed by atoms with van der Waals surface area (Å²) in [4.78, 5) is 0. The number of hydrogen-bond donors (Lipinski definition) is 1. The van der Waals surface area contributed by atoms with Crippen molar-refractivity contribution in [2.45, 2.75) is 6.92 Å². The van der Waals surface area contributed by atoms with Crippen molar-refractivity contribution in [1.82, 2.24) is 0 Å². The zero-order valence-electron chi connectivity index (χ0n) is 5.79. The maximum absolute atomic E-state index is 5.75. The van der Waals surface area contributed by atoms with Crippen molar-refractivity contribution in [3.8, 4) is 0 Å². The predicted molar refractivity (Wildman–Crippen MR) is 58.7 cm³/mol. The van der Waals surface area contributed by atoms with Gasteiger partial charge in [0.05, 0.1) is 0 Å². The van der Waals surface area contributed by atoms with Gasteiger partial charge in [-0.1, -0.05) is 0 Å². The molecule has 0 atom stereocenters. The molecule has 0 aliphatic rings. The lowest BCUT2D eigenvalue weighted by molar-refractivity contribution is 1.39. The lowest BCUT2D eigenvalue weighted by Crippen LogP contribution is -1.92. The summed E-state index contributed by atoms with van der Waals surface area (Å²) in [6.45, 7) is 1.97. The molecule has 1 rings (SSSR count). The molecule has 0 unspecified atom stereocenters. The first-order chi connectivity index (χ1) is 5.04. The minimum Gasteiger partial charge on any atom is -0.398 e. The first-order valence-electron chi connectivity index (χ1n) is 2.93. The minimum atomic E-state index is 0.778. The molecule has 4 heteroatoms. The van der Waals surface area contributed by atoms with Crippen LogP contribution in [0.1, 0.15) is 5.56 Å². The summed E-state index contributed by atoms with van der Waals surface area (Å²) in [5, 5.41) is 0. The van der Waals surface area contributed by atoms with Gasteiger partial charge in [0, 0.05) is 19.1 Å². The average molecular weight is 344 g/mol. The van der Waals surface area contributed by atoms with Crippen LogP contribution in [0.15, 0.2) is 19.5 Å².